The number of nitrogens with two attached hydrogens (primary N) is 1. The van der Waals surface area contributed by atoms with E-state index in [-0.39, 0.29) is 5.91 Å². The van der Waals surface area contributed by atoms with Crippen molar-refractivity contribution in [1.82, 2.24) is 4.90 Å². The highest BCUT2D eigenvalue weighted by atomic mass is 16.4. The SMILES string of the molecule is CCC1CCN(C(=O)[C@H](N)CC(C)C)C(C(=O)O)C1. The van der Waals surface area contributed by atoms with Gasteiger partial charge >= 0.3 is 5.97 Å². The molecule has 1 aliphatic rings. The predicted molar refractivity (Wildman–Crippen MR) is 73.6 cm³/mol. The van der Waals surface area contributed by atoms with Crippen molar-refractivity contribution in [3.63, 3.8) is 0 Å². The van der Waals surface area contributed by atoms with Gasteiger partial charge in [-0.2, -0.15) is 0 Å². The summed E-state index contributed by atoms with van der Waals surface area (Å²) in [5.41, 5.74) is 5.89. The van der Waals surface area contributed by atoms with Crippen LogP contribution in [0.25, 0.3) is 0 Å². The Balaban J connectivity index is 2.74. The van der Waals surface area contributed by atoms with Crippen LogP contribution in [0.3, 0.4) is 0 Å². The number of hydrogen-bond acceptors (Lipinski definition) is 3. The van der Waals surface area contributed by atoms with Crippen molar-refractivity contribution in [2.75, 3.05) is 6.54 Å². The van der Waals surface area contributed by atoms with E-state index in [2.05, 4.69) is 6.92 Å². The molecule has 0 aromatic rings. The van der Waals surface area contributed by atoms with Gasteiger partial charge in [-0.15, -0.1) is 0 Å². The lowest BCUT2D eigenvalue weighted by Crippen LogP contribution is -2.55. The highest BCUT2D eigenvalue weighted by Crippen LogP contribution is 2.26. The zero-order valence-electron chi connectivity index (χ0n) is 12.1. The third-order valence-electron chi connectivity index (χ3n) is 3.90. The number of rotatable bonds is 5. The van der Waals surface area contributed by atoms with Crippen LogP contribution in [-0.2, 0) is 9.59 Å². The Morgan fingerprint density at radius 2 is 2.05 bits per heavy atom. The smallest absolute Gasteiger partial charge is 0.326 e. The Morgan fingerprint density at radius 1 is 1.42 bits per heavy atom. The van der Waals surface area contributed by atoms with Gasteiger partial charge < -0.3 is 15.7 Å². The summed E-state index contributed by atoms with van der Waals surface area (Å²) in [6.07, 6.45) is 2.98. The van der Waals surface area contributed by atoms with Gasteiger partial charge in [0.2, 0.25) is 5.91 Å². The Hall–Kier alpha value is -1.10. The van der Waals surface area contributed by atoms with E-state index in [1.165, 1.54) is 4.90 Å². The standard InChI is InChI=1S/C14H26N2O3/c1-4-10-5-6-16(12(8-10)14(18)19)13(17)11(15)7-9(2)3/h9-12H,4-8,15H2,1-3H3,(H,18,19)/t10?,11-,12?/m1/s1. The summed E-state index contributed by atoms with van der Waals surface area (Å²) in [4.78, 5) is 25.1. The van der Waals surface area contributed by atoms with E-state index in [0.717, 1.165) is 12.8 Å². The molecule has 2 unspecified atom stereocenters. The number of piperidine rings is 1. The summed E-state index contributed by atoms with van der Waals surface area (Å²) in [5.74, 6) is -0.402. The van der Waals surface area contributed by atoms with Gasteiger partial charge in [0.1, 0.15) is 6.04 Å². The molecule has 1 saturated heterocycles. The number of hydrogen-bond donors (Lipinski definition) is 2. The molecule has 0 aromatic carbocycles. The maximum atomic E-state index is 12.3. The van der Waals surface area contributed by atoms with Gasteiger partial charge in [-0.3, -0.25) is 4.79 Å². The summed E-state index contributed by atoms with van der Waals surface area (Å²) in [6, 6.07) is -1.29. The van der Waals surface area contributed by atoms with Crippen LogP contribution in [-0.4, -0.2) is 40.5 Å². The Morgan fingerprint density at radius 3 is 2.53 bits per heavy atom. The molecule has 1 aliphatic heterocycles. The second-order valence-electron chi connectivity index (χ2n) is 5.92. The van der Waals surface area contributed by atoms with Gasteiger partial charge in [0, 0.05) is 6.54 Å². The Labute approximate surface area is 115 Å². The van der Waals surface area contributed by atoms with E-state index in [0.29, 0.717) is 31.2 Å². The van der Waals surface area contributed by atoms with Gasteiger partial charge in [0.25, 0.3) is 0 Å². The van der Waals surface area contributed by atoms with Crippen LogP contribution in [0.2, 0.25) is 0 Å². The molecule has 5 heteroatoms. The molecule has 3 N–H and O–H groups in total. The van der Waals surface area contributed by atoms with Crippen LogP contribution >= 0.6 is 0 Å². The van der Waals surface area contributed by atoms with E-state index in [9.17, 15) is 14.7 Å². The highest BCUT2D eigenvalue weighted by molar-refractivity contribution is 5.87. The molecule has 0 aliphatic carbocycles. The van der Waals surface area contributed by atoms with Crippen LogP contribution < -0.4 is 5.73 Å². The topological polar surface area (TPSA) is 83.6 Å². The number of carbonyl (C=O) groups excluding carboxylic acids is 1. The highest BCUT2D eigenvalue weighted by Gasteiger charge is 2.37. The first kappa shape index (κ1) is 16.0. The van der Waals surface area contributed by atoms with Crippen molar-refractivity contribution in [3.8, 4) is 0 Å². The molecule has 19 heavy (non-hydrogen) atoms. The van der Waals surface area contributed by atoms with Crippen molar-refractivity contribution >= 4 is 11.9 Å². The molecular weight excluding hydrogens is 244 g/mol. The third kappa shape index (κ3) is 4.20. The molecule has 1 rings (SSSR count). The number of carboxylic acid groups (broad SMARTS) is 1. The molecular formula is C14H26N2O3. The fourth-order valence-corrected chi connectivity index (χ4v) is 2.73. The monoisotopic (exact) mass is 270 g/mol. The maximum absolute atomic E-state index is 12.3. The molecule has 1 heterocycles. The molecule has 3 atom stereocenters. The van der Waals surface area contributed by atoms with Crippen molar-refractivity contribution in [2.45, 2.75) is 58.5 Å². The minimum absolute atomic E-state index is 0.212. The first-order valence-corrected chi connectivity index (χ1v) is 7.15. The lowest BCUT2D eigenvalue weighted by Gasteiger charge is -2.38. The summed E-state index contributed by atoms with van der Waals surface area (Å²) in [6.45, 7) is 6.59. The largest absolute Gasteiger partial charge is 0.480 e. The zero-order valence-corrected chi connectivity index (χ0v) is 12.1. The number of carboxylic acids is 1. The van der Waals surface area contributed by atoms with Crippen molar-refractivity contribution in [3.05, 3.63) is 0 Å². The number of amides is 1. The van der Waals surface area contributed by atoms with Gasteiger partial charge in [0.15, 0.2) is 0 Å². The van der Waals surface area contributed by atoms with Crippen LogP contribution in [0.1, 0.15) is 46.5 Å². The molecule has 1 amide bonds. The number of carbonyl (C=O) groups is 2. The Kier molecular flexibility index (Phi) is 5.79. The quantitative estimate of drug-likeness (QED) is 0.792. The average Bonchev–Trinajstić information content (AvgIpc) is 2.36. The predicted octanol–water partition coefficient (Wildman–Crippen LogP) is 1.46. The number of nitrogens with zero attached hydrogens (tertiary/aromatic N) is 1. The minimum atomic E-state index is -0.914. The number of likely N-dealkylation sites (tertiary alicyclic amines) is 1. The Bertz CT molecular complexity index is 331. The lowest BCUT2D eigenvalue weighted by molar-refractivity contribution is -0.153. The van der Waals surface area contributed by atoms with Crippen LogP contribution in [0.5, 0.6) is 0 Å². The van der Waals surface area contributed by atoms with Crippen molar-refractivity contribution in [1.29, 1.82) is 0 Å². The molecule has 0 saturated carbocycles. The molecule has 0 spiro atoms. The number of aliphatic carboxylic acids is 1. The average molecular weight is 270 g/mol. The van der Waals surface area contributed by atoms with Crippen LogP contribution in [0.15, 0.2) is 0 Å². The summed E-state index contributed by atoms with van der Waals surface area (Å²) < 4.78 is 0. The third-order valence-corrected chi connectivity index (χ3v) is 3.90. The normalized spacial score (nSPS) is 25.4. The molecule has 1 fully saturated rings. The first-order chi connectivity index (χ1) is 8.86. The second kappa shape index (κ2) is 6.89. The van der Waals surface area contributed by atoms with E-state index in [1.54, 1.807) is 0 Å². The second-order valence-corrected chi connectivity index (χ2v) is 5.92. The molecule has 5 nitrogen and oxygen atoms in total. The van der Waals surface area contributed by atoms with Crippen molar-refractivity contribution < 1.29 is 14.7 Å². The van der Waals surface area contributed by atoms with Gasteiger partial charge in [-0.05, 0) is 31.1 Å². The van der Waals surface area contributed by atoms with Gasteiger partial charge in [0.05, 0.1) is 6.04 Å². The van der Waals surface area contributed by atoms with Crippen LogP contribution in [0, 0.1) is 11.8 Å². The fraction of sp³-hybridized carbons (Fsp3) is 0.857. The van der Waals surface area contributed by atoms with Gasteiger partial charge in [-0.25, -0.2) is 4.79 Å². The molecule has 0 radical (unpaired) electrons. The van der Waals surface area contributed by atoms with Gasteiger partial charge in [-0.1, -0.05) is 27.2 Å². The summed E-state index contributed by atoms with van der Waals surface area (Å²) >= 11 is 0. The first-order valence-electron chi connectivity index (χ1n) is 7.15. The molecule has 0 bridgehead atoms. The van der Waals surface area contributed by atoms with Crippen LogP contribution in [0.4, 0.5) is 0 Å². The minimum Gasteiger partial charge on any atom is -0.480 e. The maximum Gasteiger partial charge on any atom is 0.326 e. The van der Waals surface area contributed by atoms with E-state index < -0.39 is 18.1 Å². The summed E-state index contributed by atoms with van der Waals surface area (Å²) in [5, 5.41) is 9.30. The van der Waals surface area contributed by atoms with E-state index >= 15 is 0 Å². The zero-order chi connectivity index (χ0) is 14.6. The van der Waals surface area contributed by atoms with Crippen molar-refractivity contribution in [2.24, 2.45) is 17.6 Å². The van der Waals surface area contributed by atoms with E-state index in [4.69, 9.17) is 5.73 Å². The lowest BCUT2D eigenvalue weighted by atomic mass is 9.88. The fourth-order valence-electron chi connectivity index (χ4n) is 2.73. The molecule has 110 valence electrons. The molecule has 0 aromatic heterocycles. The summed E-state index contributed by atoms with van der Waals surface area (Å²) in [7, 11) is 0. The van der Waals surface area contributed by atoms with E-state index in [1.807, 2.05) is 13.8 Å².